The number of halogens is 2. The first-order valence-corrected chi connectivity index (χ1v) is 13.4. The Labute approximate surface area is 203 Å². The number of alkyl halides is 2. The van der Waals surface area contributed by atoms with Crippen LogP contribution in [0.25, 0.3) is 0 Å². The van der Waals surface area contributed by atoms with Crippen LogP contribution in [0.15, 0.2) is 87.5 Å². The number of rotatable bonds is 7. The zero-order valence-electron chi connectivity index (χ0n) is 19.7. The average molecular weight is 508 g/mol. The monoisotopic (exact) mass is 507 g/mol. The van der Waals surface area contributed by atoms with Gasteiger partial charge >= 0.3 is 15.4 Å². The number of benzene rings is 3. The van der Waals surface area contributed by atoms with Crippen molar-refractivity contribution >= 4 is 21.0 Å². The van der Waals surface area contributed by atoms with Gasteiger partial charge in [0, 0.05) is 0 Å². The van der Waals surface area contributed by atoms with Crippen molar-refractivity contribution in [1.82, 2.24) is 0 Å². The van der Waals surface area contributed by atoms with Crippen molar-refractivity contribution in [3.05, 3.63) is 83.9 Å². The van der Waals surface area contributed by atoms with Crippen molar-refractivity contribution in [3.8, 4) is 5.75 Å². The van der Waals surface area contributed by atoms with Crippen molar-refractivity contribution in [1.29, 1.82) is 0 Å². The van der Waals surface area contributed by atoms with Gasteiger partial charge in [0.25, 0.3) is 0 Å². The molecule has 4 nitrogen and oxygen atoms in total. The molecule has 3 aromatic rings. The molecule has 2 unspecified atom stereocenters. The summed E-state index contributed by atoms with van der Waals surface area (Å²) in [5, 5.41) is -4.42. The van der Waals surface area contributed by atoms with Gasteiger partial charge in [-0.3, -0.25) is 4.55 Å². The van der Waals surface area contributed by atoms with Crippen LogP contribution in [0.1, 0.15) is 38.8 Å². The van der Waals surface area contributed by atoms with E-state index in [0.29, 0.717) is 0 Å². The molecule has 0 saturated carbocycles. The molecule has 0 heterocycles. The minimum Gasteiger partial charge on any atom is -0.483 e. The summed E-state index contributed by atoms with van der Waals surface area (Å²) in [5.74, 6) is 0.0788. The molecule has 0 aliphatic carbocycles. The first kappa shape index (κ1) is 26.2. The third-order valence-electron chi connectivity index (χ3n) is 5.40. The molecule has 0 aliphatic heterocycles. The Kier molecular flexibility index (Phi) is 7.45. The maximum Gasteiger partial charge on any atom is 0.405 e. The SMILES string of the molecule is Cc1ccc([S+](c2ccc(OC(C)C(F)(F)S(=O)(=O)O)cc2)c2ccc(C(C)(C)C)cc2)cc1. The molecule has 0 aromatic heterocycles. The average Bonchev–Trinajstić information content (AvgIpc) is 2.75. The first-order chi connectivity index (χ1) is 15.7. The van der Waals surface area contributed by atoms with Crippen molar-refractivity contribution < 1.29 is 26.5 Å². The maximum absolute atomic E-state index is 13.8. The molecule has 3 aromatic carbocycles. The lowest BCUT2D eigenvalue weighted by atomic mass is 9.87. The zero-order valence-corrected chi connectivity index (χ0v) is 21.4. The third kappa shape index (κ3) is 5.79. The van der Waals surface area contributed by atoms with E-state index in [2.05, 4.69) is 69.3 Å². The summed E-state index contributed by atoms with van der Waals surface area (Å²) in [6, 6.07) is 23.4. The van der Waals surface area contributed by atoms with Gasteiger partial charge < -0.3 is 4.74 Å². The van der Waals surface area contributed by atoms with Gasteiger partial charge in [0.05, 0.1) is 10.9 Å². The molecule has 3 rings (SSSR count). The molecule has 2 atom stereocenters. The van der Waals surface area contributed by atoms with Crippen LogP contribution in [0.4, 0.5) is 8.78 Å². The van der Waals surface area contributed by atoms with Gasteiger partial charge in [0.15, 0.2) is 20.8 Å². The lowest BCUT2D eigenvalue weighted by molar-refractivity contribution is -0.0236. The third-order valence-corrected chi connectivity index (χ3v) is 8.65. The van der Waals surface area contributed by atoms with Crippen LogP contribution in [-0.2, 0) is 26.4 Å². The number of ether oxygens (including phenoxy) is 1. The fraction of sp³-hybridized carbons (Fsp3) is 0.308. The maximum atomic E-state index is 13.8. The highest BCUT2D eigenvalue weighted by atomic mass is 32.2. The minimum atomic E-state index is -5.59. The quantitative estimate of drug-likeness (QED) is 0.288. The Morgan fingerprint density at radius 2 is 1.24 bits per heavy atom. The molecule has 8 heteroatoms. The number of hydrogen-bond donors (Lipinski definition) is 1. The predicted octanol–water partition coefficient (Wildman–Crippen LogP) is 6.64. The molecule has 34 heavy (non-hydrogen) atoms. The zero-order chi connectivity index (χ0) is 25.3. The lowest BCUT2D eigenvalue weighted by Crippen LogP contribution is -2.42. The van der Waals surface area contributed by atoms with Gasteiger partial charge in [0.2, 0.25) is 0 Å². The van der Waals surface area contributed by atoms with E-state index in [4.69, 9.17) is 9.29 Å². The van der Waals surface area contributed by atoms with Gasteiger partial charge in [-0.1, -0.05) is 50.6 Å². The first-order valence-electron chi connectivity index (χ1n) is 10.7. The second kappa shape index (κ2) is 9.68. The standard InChI is InChI=1S/C26H28F2O4S2/c1-18-6-12-22(13-7-18)33(23-14-8-20(9-15-23)25(3,4)5)24-16-10-21(11-17-24)32-19(2)26(27,28)34(29,30)31/h6-17,19H,1-5H3/p+1. The normalized spacial score (nSPS) is 14.5. The van der Waals surface area contributed by atoms with E-state index in [9.17, 15) is 17.2 Å². The Morgan fingerprint density at radius 3 is 1.65 bits per heavy atom. The van der Waals surface area contributed by atoms with Crippen LogP contribution in [0.3, 0.4) is 0 Å². The Morgan fingerprint density at radius 1 is 0.824 bits per heavy atom. The number of aryl methyl sites for hydroxylation is 1. The summed E-state index contributed by atoms with van der Waals surface area (Å²) < 4.78 is 63.6. The Hall–Kier alpha value is -2.42. The van der Waals surface area contributed by atoms with Crippen molar-refractivity contribution in [2.24, 2.45) is 0 Å². The summed E-state index contributed by atoms with van der Waals surface area (Å²) in [6.07, 6.45) is -2.06. The summed E-state index contributed by atoms with van der Waals surface area (Å²) >= 11 is 0. The van der Waals surface area contributed by atoms with Crippen molar-refractivity contribution in [2.45, 2.75) is 66.1 Å². The van der Waals surface area contributed by atoms with E-state index in [1.54, 1.807) is 12.1 Å². The Balaban J connectivity index is 1.95. The van der Waals surface area contributed by atoms with Gasteiger partial charge in [-0.2, -0.15) is 17.2 Å². The van der Waals surface area contributed by atoms with Gasteiger partial charge in [-0.15, -0.1) is 0 Å². The van der Waals surface area contributed by atoms with Crippen LogP contribution >= 0.6 is 0 Å². The van der Waals surface area contributed by atoms with E-state index < -0.39 is 32.4 Å². The second-order valence-electron chi connectivity index (χ2n) is 9.16. The van der Waals surface area contributed by atoms with Gasteiger partial charge in [-0.05, 0) is 73.4 Å². The lowest BCUT2D eigenvalue weighted by Gasteiger charge is -2.21. The fourth-order valence-corrected chi connectivity index (χ4v) is 5.82. The second-order valence-corrected chi connectivity index (χ2v) is 12.7. The highest BCUT2D eigenvalue weighted by molar-refractivity contribution is 7.97. The molecule has 0 amide bonds. The molecule has 1 N–H and O–H groups in total. The summed E-state index contributed by atoms with van der Waals surface area (Å²) in [6.45, 7) is 9.40. The molecule has 0 fully saturated rings. The molecule has 0 aliphatic rings. The Bertz CT molecular complexity index is 1220. The summed E-state index contributed by atoms with van der Waals surface area (Å²) in [4.78, 5) is 3.17. The fourth-order valence-electron chi connectivity index (χ4n) is 3.31. The van der Waals surface area contributed by atoms with Gasteiger partial charge in [-0.25, -0.2) is 0 Å². The molecule has 0 radical (unpaired) electrons. The minimum absolute atomic E-state index is 0.0286. The van der Waals surface area contributed by atoms with Crippen molar-refractivity contribution in [3.63, 3.8) is 0 Å². The smallest absolute Gasteiger partial charge is 0.405 e. The topological polar surface area (TPSA) is 63.6 Å². The summed E-state index contributed by atoms with van der Waals surface area (Å²) in [7, 11) is -6.04. The highest BCUT2D eigenvalue weighted by Gasteiger charge is 2.51. The molecular weight excluding hydrogens is 478 g/mol. The van der Waals surface area contributed by atoms with Crippen LogP contribution in [0.2, 0.25) is 0 Å². The van der Waals surface area contributed by atoms with Crippen LogP contribution < -0.4 is 4.74 Å². The van der Waals surface area contributed by atoms with Crippen molar-refractivity contribution in [2.75, 3.05) is 0 Å². The van der Waals surface area contributed by atoms with E-state index >= 15 is 0 Å². The van der Waals surface area contributed by atoms with Crippen LogP contribution in [-0.4, -0.2) is 24.3 Å². The summed E-state index contributed by atoms with van der Waals surface area (Å²) in [5.41, 5.74) is 2.40. The van der Waals surface area contributed by atoms with E-state index in [1.807, 2.05) is 6.92 Å². The molecule has 0 bridgehead atoms. The largest absolute Gasteiger partial charge is 0.483 e. The predicted molar refractivity (Wildman–Crippen MR) is 132 cm³/mol. The molecule has 0 saturated heterocycles. The van der Waals surface area contributed by atoms with E-state index in [-0.39, 0.29) is 11.2 Å². The van der Waals surface area contributed by atoms with E-state index in [0.717, 1.165) is 27.2 Å². The van der Waals surface area contributed by atoms with Gasteiger partial charge in [0.1, 0.15) is 5.75 Å². The molecule has 0 spiro atoms. The van der Waals surface area contributed by atoms with Crippen LogP contribution in [0.5, 0.6) is 5.75 Å². The van der Waals surface area contributed by atoms with Crippen LogP contribution in [0, 0.1) is 6.92 Å². The molecular formula is C26H29F2O4S2+. The van der Waals surface area contributed by atoms with E-state index in [1.165, 1.54) is 17.7 Å². The molecule has 182 valence electrons. The number of hydrogen-bond acceptors (Lipinski definition) is 3. The highest BCUT2D eigenvalue weighted by Crippen LogP contribution is 2.35.